The Bertz CT molecular complexity index is 344. The summed E-state index contributed by atoms with van der Waals surface area (Å²) in [6, 6.07) is 1.77. The minimum absolute atomic E-state index is 0.196. The Kier molecular flexibility index (Phi) is 4.59. The molecule has 1 unspecified atom stereocenters. The Hall–Kier alpha value is -0.810. The lowest BCUT2D eigenvalue weighted by Gasteiger charge is -2.41. The first kappa shape index (κ1) is 15.6. The number of nitrogens with one attached hydrogen (secondary N) is 1. The fraction of sp³-hybridized carbons (Fsp3) is 0.933. The maximum Gasteiger partial charge on any atom is 0.410 e. The van der Waals surface area contributed by atoms with Crippen LogP contribution in [0.2, 0.25) is 0 Å². The van der Waals surface area contributed by atoms with Crippen molar-refractivity contribution in [3.05, 3.63) is 0 Å². The van der Waals surface area contributed by atoms with Crippen molar-refractivity contribution >= 4 is 6.09 Å². The summed E-state index contributed by atoms with van der Waals surface area (Å²) in [5.41, 5.74) is -0.406. The van der Waals surface area contributed by atoms with Crippen molar-refractivity contribution in [1.82, 2.24) is 15.1 Å². The van der Waals surface area contributed by atoms with Gasteiger partial charge in [-0.2, -0.15) is 0 Å². The van der Waals surface area contributed by atoms with E-state index in [1.54, 1.807) is 4.90 Å². The molecule has 1 saturated carbocycles. The van der Waals surface area contributed by atoms with E-state index in [1.165, 1.54) is 12.8 Å². The van der Waals surface area contributed by atoms with Gasteiger partial charge in [0, 0.05) is 37.8 Å². The van der Waals surface area contributed by atoms with E-state index in [1.807, 2.05) is 20.8 Å². The molecule has 116 valence electrons. The largest absolute Gasteiger partial charge is 0.444 e. The zero-order valence-electron chi connectivity index (χ0n) is 13.5. The molecule has 1 saturated heterocycles. The highest BCUT2D eigenvalue weighted by atomic mass is 16.6. The van der Waals surface area contributed by atoms with E-state index in [-0.39, 0.29) is 6.09 Å². The highest BCUT2D eigenvalue weighted by molar-refractivity contribution is 5.69. The van der Waals surface area contributed by atoms with Crippen LogP contribution in [0.4, 0.5) is 4.79 Å². The second kappa shape index (κ2) is 5.90. The third-order valence-corrected chi connectivity index (χ3v) is 4.05. The number of hydrogen-bond acceptors (Lipinski definition) is 4. The van der Waals surface area contributed by atoms with E-state index in [0.717, 1.165) is 25.7 Å². The van der Waals surface area contributed by atoms with Crippen LogP contribution in [0.1, 0.15) is 40.5 Å². The van der Waals surface area contributed by atoms with Crippen molar-refractivity contribution in [2.75, 3.05) is 26.7 Å². The van der Waals surface area contributed by atoms with E-state index >= 15 is 0 Å². The average Bonchev–Trinajstić information content (AvgIpc) is 3.06. The molecule has 0 bridgehead atoms. The van der Waals surface area contributed by atoms with Gasteiger partial charge in [-0.1, -0.05) is 0 Å². The summed E-state index contributed by atoms with van der Waals surface area (Å²) >= 11 is 0. The molecule has 1 heterocycles. The molecule has 0 aromatic rings. The number of likely N-dealkylation sites (N-methyl/N-ethyl adjacent to an activating group) is 1. The van der Waals surface area contributed by atoms with Crippen LogP contribution in [0.15, 0.2) is 0 Å². The van der Waals surface area contributed by atoms with Crippen LogP contribution in [-0.4, -0.2) is 66.3 Å². The number of amides is 1. The van der Waals surface area contributed by atoms with Crippen molar-refractivity contribution in [1.29, 1.82) is 0 Å². The average molecular weight is 283 g/mol. The maximum absolute atomic E-state index is 11.8. The molecule has 5 heteroatoms. The molecule has 1 atom stereocenters. The lowest BCUT2D eigenvalue weighted by atomic mass is 10.1. The smallest absolute Gasteiger partial charge is 0.410 e. The molecule has 1 aliphatic carbocycles. The number of carbonyl (C=O) groups excluding carboxylic acids is 1. The van der Waals surface area contributed by atoms with Crippen molar-refractivity contribution in [3.8, 4) is 0 Å². The van der Waals surface area contributed by atoms with Gasteiger partial charge in [0.1, 0.15) is 5.60 Å². The fourth-order valence-electron chi connectivity index (χ4n) is 2.41. The molecule has 1 aliphatic heterocycles. The Morgan fingerprint density at radius 3 is 2.50 bits per heavy atom. The predicted molar refractivity (Wildman–Crippen MR) is 79.8 cm³/mol. The molecule has 5 nitrogen and oxygen atoms in total. The second-order valence-electron chi connectivity index (χ2n) is 7.24. The van der Waals surface area contributed by atoms with Gasteiger partial charge < -0.3 is 15.0 Å². The summed E-state index contributed by atoms with van der Waals surface area (Å²) in [6.07, 6.45) is 2.49. The van der Waals surface area contributed by atoms with Gasteiger partial charge in [0.25, 0.3) is 0 Å². The first-order valence-electron chi connectivity index (χ1n) is 7.69. The summed E-state index contributed by atoms with van der Waals surface area (Å²) in [7, 11) is 2.21. The summed E-state index contributed by atoms with van der Waals surface area (Å²) in [4.78, 5) is 16.0. The van der Waals surface area contributed by atoms with Gasteiger partial charge in [-0.15, -0.1) is 0 Å². The molecule has 1 amide bonds. The van der Waals surface area contributed by atoms with Gasteiger partial charge in [0.15, 0.2) is 0 Å². The zero-order chi connectivity index (χ0) is 14.9. The molecule has 20 heavy (non-hydrogen) atoms. The summed E-state index contributed by atoms with van der Waals surface area (Å²) < 4.78 is 5.34. The van der Waals surface area contributed by atoms with Crippen molar-refractivity contribution in [2.24, 2.45) is 0 Å². The van der Waals surface area contributed by atoms with Crippen molar-refractivity contribution in [3.63, 3.8) is 0 Å². The molecule has 2 aliphatic rings. The van der Waals surface area contributed by atoms with Crippen molar-refractivity contribution < 1.29 is 9.53 Å². The minimum Gasteiger partial charge on any atom is -0.444 e. The number of carbonyl (C=O) groups is 1. The van der Waals surface area contributed by atoms with Crippen LogP contribution in [0.25, 0.3) is 0 Å². The van der Waals surface area contributed by atoms with E-state index < -0.39 is 5.60 Å². The van der Waals surface area contributed by atoms with Crippen LogP contribution < -0.4 is 5.32 Å². The number of ether oxygens (including phenoxy) is 1. The normalized spacial score (nSPS) is 21.8. The standard InChI is InChI=1S/C15H29N3O2/c1-11(17(5)13-6-7-13)8-16-12-9-18(10-12)14(19)20-15(2,3)4/h11-13,16H,6-10H2,1-5H3. The Balaban J connectivity index is 1.60. The quantitative estimate of drug-likeness (QED) is 0.834. The molecular formula is C15H29N3O2. The molecular weight excluding hydrogens is 254 g/mol. The van der Waals surface area contributed by atoms with E-state index in [2.05, 4.69) is 24.2 Å². The lowest BCUT2D eigenvalue weighted by Crippen LogP contribution is -2.61. The van der Waals surface area contributed by atoms with Crippen molar-refractivity contribution in [2.45, 2.75) is 64.3 Å². The Morgan fingerprint density at radius 1 is 1.40 bits per heavy atom. The summed E-state index contributed by atoms with van der Waals surface area (Å²) in [5, 5.41) is 3.54. The summed E-state index contributed by atoms with van der Waals surface area (Å²) in [6.45, 7) is 10.5. The van der Waals surface area contributed by atoms with E-state index in [9.17, 15) is 4.79 Å². The molecule has 1 N–H and O–H groups in total. The number of rotatable bonds is 5. The second-order valence-corrected chi connectivity index (χ2v) is 7.24. The Labute approximate surface area is 122 Å². The number of hydrogen-bond donors (Lipinski definition) is 1. The first-order chi connectivity index (χ1) is 9.26. The SMILES string of the molecule is CC(CNC1CN(C(=O)OC(C)(C)C)C1)N(C)C1CC1. The molecule has 0 spiro atoms. The van der Waals surface area contributed by atoms with Crippen LogP contribution >= 0.6 is 0 Å². The predicted octanol–water partition coefficient (Wildman–Crippen LogP) is 1.68. The zero-order valence-corrected chi connectivity index (χ0v) is 13.5. The molecule has 2 fully saturated rings. The fourth-order valence-corrected chi connectivity index (χ4v) is 2.41. The highest BCUT2D eigenvalue weighted by Crippen LogP contribution is 2.26. The lowest BCUT2D eigenvalue weighted by molar-refractivity contribution is 0.00482. The first-order valence-corrected chi connectivity index (χ1v) is 7.69. The van der Waals surface area contributed by atoms with E-state index in [0.29, 0.717) is 12.1 Å². The highest BCUT2D eigenvalue weighted by Gasteiger charge is 2.34. The van der Waals surface area contributed by atoms with Gasteiger partial charge in [0.2, 0.25) is 0 Å². The third kappa shape index (κ3) is 4.35. The minimum atomic E-state index is -0.406. The number of nitrogens with zero attached hydrogens (tertiary/aromatic N) is 2. The van der Waals surface area contributed by atoms with Crippen LogP contribution in [0.5, 0.6) is 0 Å². The van der Waals surface area contributed by atoms with Gasteiger partial charge >= 0.3 is 6.09 Å². The Morgan fingerprint density at radius 2 is 2.00 bits per heavy atom. The van der Waals surface area contributed by atoms with Crippen LogP contribution in [0.3, 0.4) is 0 Å². The number of likely N-dealkylation sites (tertiary alicyclic amines) is 1. The van der Waals surface area contributed by atoms with Crippen LogP contribution in [0, 0.1) is 0 Å². The molecule has 0 aromatic carbocycles. The maximum atomic E-state index is 11.8. The van der Waals surface area contributed by atoms with E-state index in [4.69, 9.17) is 4.74 Å². The molecule has 0 aromatic heterocycles. The van der Waals surface area contributed by atoms with Gasteiger partial charge in [-0.05, 0) is 47.6 Å². The van der Waals surface area contributed by atoms with Gasteiger partial charge in [-0.3, -0.25) is 4.90 Å². The van der Waals surface area contributed by atoms with Gasteiger partial charge in [0.05, 0.1) is 0 Å². The third-order valence-electron chi connectivity index (χ3n) is 4.05. The topological polar surface area (TPSA) is 44.8 Å². The van der Waals surface area contributed by atoms with Crippen LogP contribution in [-0.2, 0) is 4.74 Å². The summed E-state index contributed by atoms with van der Waals surface area (Å²) in [5.74, 6) is 0. The molecule has 0 radical (unpaired) electrons. The molecule has 2 rings (SSSR count). The monoisotopic (exact) mass is 283 g/mol. The van der Waals surface area contributed by atoms with Gasteiger partial charge in [-0.25, -0.2) is 4.79 Å².